The highest BCUT2D eigenvalue weighted by Gasteiger charge is 2.24. The fourth-order valence-corrected chi connectivity index (χ4v) is 3.94. The summed E-state index contributed by atoms with van der Waals surface area (Å²) in [5, 5.41) is 3.39. The third-order valence-electron chi connectivity index (χ3n) is 5.56. The first-order chi connectivity index (χ1) is 11.8. The van der Waals surface area contributed by atoms with Crippen LogP contribution in [0, 0.1) is 11.8 Å². The number of piperidine rings is 1. The summed E-state index contributed by atoms with van der Waals surface area (Å²) in [5.74, 6) is 1.50. The topological polar surface area (TPSA) is 54.0 Å². The quantitative estimate of drug-likeness (QED) is 0.767. The lowest BCUT2D eigenvalue weighted by atomic mass is 9.99. The Balaban J connectivity index is 1.28. The Morgan fingerprint density at radius 1 is 1.08 bits per heavy atom. The van der Waals surface area contributed by atoms with Gasteiger partial charge in [0.1, 0.15) is 6.61 Å². The van der Waals surface area contributed by atoms with Crippen molar-refractivity contribution in [1.82, 2.24) is 15.1 Å². The third kappa shape index (κ3) is 5.69. The molecule has 0 aromatic carbocycles. The number of rotatable bonds is 6. The Bertz CT molecular complexity index is 374. The predicted octanol–water partition coefficient (Wildman–Crippen LogP) is 0.573. The molecule has 0 aromatic heterocycles. The molecule has 6 heteroatoms. The first kappa shape index (κ1) is 18.1. The van der Waals surface area contributed by atoms with E-state index in [4.69, 9.17) is 9.47 Å². The summed E-state index contributed by atoms with van der Waals surface area (Å²) < 4.78 is 11.1. The van der Waals surface area contributed by atoms with Gasteiger partial charge in [-0.25, -0.2) is 0 Å². The van der Waals surface area contributed by atoms with E-state index in [-0.39, 0.29) is 12.5 Å². The van der Waals surface area contributed by atoms with Crippen molar-refractivity contribution >= 4 is 5.91 Å². The molecule has 3 saturated heterocycles. The van der Waals surface area contributed by atoms with E-state index in [0.717, 1.165) is 64.9 Å². The van der Waals surface area contributed by atoms with Gasteiger partial charge in [-0.15, -0.1) is 0 Å². The molecule has 0 aromatic rings. The normalized spacial score (nSPS) is 27.3. The van der Waals surface area contributed by atoms with Crippen LogP contribution in [-0.2, 0) is 14.3 Å². The van der Waals surface area contributed by atoms with Crippen LogP contribution in [0.2, 0.25) is 0 Å². The minimum Gasteiger partial charge on any atom is -0.381 e. The average molecular weight is 339 g/mol. The summed E-state index contributed by atoms with van der Waals surface area (Å²) in [6.07, 6.45) is 4.80. The van der Waals surface area contributed by atoms with Crippen LogP contribution in [0.5, 0.6) is 0 Å². The zero-order valence-electron chi connectivity index (χ0n) is 14.9. The molecule has 0 aliphatic carbocycles. The van der Waals surface area contributed by atoms with Gasteiger partial charge in [0.05, 0.1) is 6.61 Å². The molecule has 138 valence electrons. The maximum Gasteiger partial charge on any atom is 0.248 e. The molecule has 3 heterocycles. The van der Waals surface area contributed by atoms with Gasteiger partial charge < -0.3 is 19.7 Å². The van der Waals surface area contributed by atoms with Crippen LogP contribution in [0.15, 0.2) is 0 Å². The number of nitrogens with one attached hydrogen (secondary N) is 1. The SMILES string of the molecule is O=C(COCC1CCCNC1)N1CCN(CC2CCOCC2)CC1. The van der Waals surface area contributed by atoms with Gasteiger partial charge in [-0.1, -0.05) is 0 Å². The van der Waals surface area contributed by atoms with Crippen LogP contribution in [0.3, 0.4) is 0 Å². The number of amides is 1. The van der Waals surface area contributed by atoms with E-state index in [2.05, 4.69) is 10.2 Å². The molecule has 3 aliphatic heterocycles. The lowest BCUT2D eigenvalue weighted by Gasteiger charge is -2.37. The number of nitrogens with zero attached hydrogens (tertiary/aromatic N) is 2. The summed E-state index contributed by atoms with van der Waals surface area (Å²) in [5.41, 5.74) is 0. The zero-order valence-corrected chi connectivity index (χ0v) is 14.9. The summed E-state index contributed by atoms with van der Waals surface area (Å²) >= 11 is 0. The summed E-state index contributed by atoms with van der Waals surface area (Å²) in [4.78, 5) is 16.8. The Labute approximate surface area is 145 Å². The molecule has 6 nitrogen and oxygen atoms in total. The highest BCUT2D eigenvalue weighted by molar-refractivity contribution is 5.77. The minimum absolute atomic E-state index is 0.157. The van der Waals surface area contributed by atoms with Crippen molar-refractivity contribution in [1.29, 1.82) is 0 Å². The largest absolute Gasteiger partial charge is 0.381 e. The molecule has 0 radical (unpaired) electrons. The second kappa shape index (κ2) is 9.70. The second-order valence-electron chi connectivity index (χ2n) is 7.46. The molecule has 1 atom stereocenters. The standard InChI is InChI=1S/C18H33N3O3/c22-18(15-24-14-17-2-1-5-19-12-17)21-8-6-20(7-9-21)13-16-3-10-23-11-4-16/h16-17,19H,1-15H2. The average Bonchev–Trinajstić information content (AvgIpc) is 2.64. The number of ether oxygens (including phenoxy) is 2. The Hall–Kier alpha value is -0.690. The van der Waals surface area contributed by atoms with Gasteiger partial charge in [-0.2, -0.15) is 0 Å². The van der Waals surface area contributed by atoms with Gasteiger partial charge in [0, 0.05) is 52.5 Å². The number of carbonyl (C=O) groups excluding carboxylic acids is 1. The molecule has 1 unspecified atom stereocenters. The van der Waals surface area contributed by atoms with Crippen LogP contribution in [0.4, 0.5) is 0 Å². The Morgan fingerprint density at radius 2 is 1.88 bits per heavy atom. The molecule has 1 N–H and O–H groups in total. The molecule has 3 fully saturated rings. The van der Waals surface area contributed by atoms with Crippen molar-refractivity contribution < 1.29 is 14.3 Å². The Morgan fingerprint density at radius 3 is 2.58 bits per heavy atom. The van der Waals surface area contributed by atoms with Crippen molar-refractivity contribution in [2.75, 3.05) is 72.2 Å². The number of carbonyl (C=O) groups is 1. The zero-order chi connectivity index (χ0) is 16.6. The van der Waals surface area contributed by atoms with E-state index in [1.165, 1.54) is 25.7 Å². The van der Waals surface area contributed by atoms with E-state index in [1.54, 1.807) is 0 Å². The van der Waals surface area contributed by atoms with E-state index < -0.39 is 0 Å². The van der Waals surface area contributed by atoms with Crippen molar-refractivity contribution in [2.45, 2.75) is 25.7 Å². The number of hydrogen-bond acceptors (Lipinski definition) is 5. The summed E-state index contributed by atoms with van der Waals surface area (Å²) in [7, 11) is 0. The molecule has 3 rings (SSSR count). The fourth-order valence-electron chi connectivity index (χ4n) is 3.94. The van der Waals surface area contributed by atoms with Crippen LogP contribution in [-0.4, -0.2) is 87.9 Å². The highest BCUT2D eigenvalue weighted by atomic mass is 16.5. The fraction of sp³-hybridized carbons (Fsp3) is 0.944. The molecule has 1 amide bonds. The molecule has 0 spiro atoms. The van der Waals surface area contributed by atoms with Crippen LogP contribution in [0.25, 0.3) is 0 Å². The molecule has 0 saturated carbocycles. The predicted molar refractivity (Wildman–Crippen MR) is 93.0 cm³/mol. The van der Waals surface area contributed by atoms with E-state index >= 15 is 0 Å². The molecule has 3 aliphatic rings. The maximum atomic E-state index is 12.3. The summed E-state index contributed by atoms with van der Waals surface area (Å²) in [6.45, 7) is 9.77. The van der Waals surface area contributed by atoms with Gasteiger partial charge in [-0.05, 0) is 44.1 Å². The van der Waals surface area contributed by atoms with Gasteiger partial charge in [0.2, 0.25) is 5.91 Å². The number of piperazine rings is 1. The third-order valence-corrected chi connectivity index (χ3v) is 5.56. The molecular weight excluding hydrogens is 306 g/mol. The van der Waals surface area contributed by atoms with Crippen LogP contribution < -0.4 is 5.32 Å². The summed E-state index contributed by atoms with van der Waals surface area (Å²) in [6, 6.07) is 0. The minimum atomic E-state index is 0.157. The van der Waals surface area contributed by atoms with Gasteiger partial charge >= 0.3 is 0 Å². The van der Waals surface area contributed by atoms with Crippen molar-refractivity contribution in [3.8, 4) is 0 Å². The van der Waals surface area contributed by atoms with Crippen molar-refractivity contribution in [2.24, 2.45) is 11.8 Å². The van der Waals surface area contributed by atoms with Crippen LogP contribution in [0.1, 0.15) is 25.7 Å². The van der Waals surface area contributed by atoms with Crippen molar-refractivity contribution in [3.63, 3.8) is 0 Å². The molecule has 24 heavy (non-hydrogen) atoms. The highest BCUT2D eigenvalue weighted by Crippen LogP contribution is 2.17. The lowest BCUT2D eigenvalue weighted by molar-refractivity contribution is -0.138. The van der Waals surface area contributed by atoms with Gasteiger partial charge in [0.25, 0.3) is 0 Å². The monoisotopic (exact) mass is 339 g/mol. The second-order valence-corrected chi connectivity index (χ2v) is 7.46. The Kier molecular flexibility index (Phi) is 7.32. The first-order valence-corrected chi connectivity index (χ1v) is 9.67. The van der Waals surface area contributed by atoms with Gasteiger partial charge in [0.15, 0.2) is 0 Å². The number of hydrogen-bond donors (Lipinski definition) is 1. The van der Waals surface area contributed by atoms with Gasteiger partial charge in [-0.3, -0.25) is 9.69 Å². The maximum absolute atomic E-state index is 12.3. The molecule has 0 bridgehead atoms. The smallest absolute Gasteiger partial charge is 0.248 e. The van der Waals surface area contributed by atoms with E-state index in [0.29, 0.717) is 12.5 Å². The van der Waals surface area contributed by atoms with Crippen molar-refractivity contribution in [3.05, 3.63) is 0 Å². The van der Waals surface area contributed by atoms with E-state index in [9.17, 15) is 4.79 Å². The molecular formula is C18H33N3O3. The lowest BCUT2D eigenvalue weighted by Crippen LogP contribution is -2.51. The van der Waals surface area contributed by atoms with E-state index in [1.807, 2.05) is 4.90 Å². The first-order valence-electron chi connectivity index (χ1n) is 9.67. The van der Waals surface area contributed by atoms with Crippen LogP contribution >= 0.6 is 0 Å².